The molecule has 0 amide bonds. The Balaban J connectivity index is 2.04. The summed E-state index contributed by atoms with van der Waals surface area (Å²) in [5, 5.41) is 1.15. The highest BCUT2D eigenvalue weighted by molar-refractivity contribution is 5.77. The Morgan fingerprint density at radius 2 is 2.07 bits per heavy atom. The van der Waals surface area contributed by atoms with Gasteiger partial charge in [-0.1, -0.05) is 25.1 Å². The number of benzene rings is 1. The summed E-state index contributed by atoms with van der Waals surface area (Å²) in [6.45, 7) is 2.23. The number of rotatable bonds is 2. The van der Waals surface area contributed by atoms with E-state index in [9.17, 15) is 0 Å². The molecule has 1 aromatic heterocycles. The van der Waals surface area contributed by atoms with E-state index in [4.69, 9.17) is 10.2 Å². The van der Waals surface area contributed by atoms with Crippen molar-refractivity contribution in [2.45, 2.75) is 25.8 Å². The van der Waals surface area contributed by atoms with Crippen LogP contribution in [0.4, 0.5) is 0 Å². The Hall–Kier alpha value is -1.28. The Bertz CT molecular complexity index is 463. The molecule has 1 unspecified atom stereocenters. The van der Waals surface area contributed by atoms with Gasteiger partial charge in [-0.15, -0.1) is 0 Å². The van der Waals surface area contributed by atoms with Crippen molar-refractivity contribution < 1.29 is 4.42 Å². The Morgan fingerprint density at radius 1 is 1.33 bits per heavy atom. The van der Waals surface area contributed by atoms with Gasteiger partial charge in [0.15, 0.2) is 0 Å². The molecule has 0 bridgehead atoms. The van der Waals surface area contributed by atoms with Crippen LogP contribution in [0.3, 0.4) is 0 Å². The van der Waals surface area contributed by atoms with E-state index < -0.39 is 0 Å². The fraction of sp³-hybridized carbons (Fsp3) is 0.385. The van der Waals surface area contributed by atoms with Crippen LogP contribution in [0.5, 0.6) is 0 Å². The Labute approximate surface area is 89.1 Å². The van der Waals surface area contributed by atoms with Gasteiger partial charge in [-0.25, -0.2) is 0 Å². The molecule has 1 aromatic carbocycles. The smallest absolute Gasteiger partial charge is 0.134 e. The van der Waals surface area contributed by atoms with Crippen molar-refractivity contribution in [3.63, 3.8) is 0 Å². The van der Waals surface area contributed by atoms with Crippen molar-refractivity contribution in [1.29, 1.82) is 0 Å². The summed E-state index contributed by atoms with van der Waals surface area (Å²) in [7, 11) is 0. The van der Waals surface area contributed by atoms with Crippen LogP contribution in [0.2, 0.25) is 0 Å². The summed E-state index contributed by atoms with van der Waals surface area (Å²) in [5.41, 5.74) is 7.41. The number of fused-ring (bicyclic) bond motifs is 1. The lowest BCUT2D eigenvalue weighted by atomic mass is 9.97. The summed E-state index contributed by atoms with van der Waals surface area (Å²) >= 11 is 0. The second-order valence-electron chi connectivity index (χ2n) is 4.82. The number of nitrogens with two attached hydrogens (primary N) is 1. The maximum Gasteiger partial charge on any atom is 0.134 e. The standard InChI is InChI=1S/C13H15NO/c1-13(6-7-13)12(14)11-8-9-4-2-3-5-10(9)15-11/h2-5,8,12H,6-7,14H2,1H3. The van der Waals surface area contributed by atoms with Gasteiger partial charge in [0.1, 0.15) is 11.3 Å². The van der Waals surface area contributed by atoms with Gasteiger partial charge in [-0.3, -0.25) is 0 Å². The van der Waals surface area contributed by atoms with Crippen molar-refractivity contribution >= 4 is 11.0 Å². The molecular weight excluding hydrogens is 186 g/mol. The average Bonchev–Trinajstić information content (AvgIpc) is 2.85. The number of hydrogen-bond donors (Lipinski definition) is 1. The lowest BCUT2D eigenvalue weighted by molar-refractivity contribution is 0.379. The van der Waals surface area contributed by atoms with E-state index in [1.165, 1.54) is 12.8 Å². The topological polar surface area (TPSA) is 39.2 Å². The second-order valence-corrected chi connectivity index (χ2v) is 4.82. The summed E-state index contributed by atoms with van der Waals surface area (Å²) in [6.07, 6.45) is 2.43. The van der Waals surface area contributed by atoms with E-state index in [0.29, 0.717) is 0 Å². The molecule has 0 aliphatic heterocycles. The molecule has 2 N–H and O–H groups in total. The Morgan fingerprint density at radius 3 is 2.73 bits per heavy atom. The first-order valence-electron chi connectivity index (χ1n) is 5.43. The summed E-state index contributed by atoms with van der Waals surface area (Å²) in [4.78, 5) is 0. The summed E-state index contributed by atoms with van der Waals surface area (Å²) in [6, 6.07) is 10.2. The van der Waals surface area contributed by atoms with Crippen LogP contribution in [0.15, 0.2) is 34.7 Å². The third kappa shape index (κ3) is 1.37. The third-order valence-corrected chi connectivity index (χ3v) is 3.54. The first-order chi connectivity index (χ1) is 7.19. The van der Waals surface area contributed by atoms with Gasteiger partial charge in [0, 0.05) is 5.39 Å². The Kier molecular flexibility index (Phi) is 1.71. The predicted octanol–water partition coefficient (Wildman–Crippen LogP) is 3.23. The zero-order chi connectivity index (χ0) is 10.5. The van der Waals surface area contributed by atoms with Gasteiger partial charge >= 0.3 is 0 Å². The molecule has 2 nitrogen and oxygen atoms in total. The van der Waals surface area contributed by atoms with Crippen LogP contribution in [0, 0.1) is 5.41 Å². The maximum absolute atomic E-state index is 6.20. The van der Waals surface area contributed by atoms with Gasteiger partial charge in [0.2, 0.25) is 0 Å². The van der Waals surface area contributed by atoms with E-state index in [0.717, 1.165) is 16.7 Å². The lowest BCUT2D eigenvalue weighted by Crippen LogP contribution is -2.19. The molecule has 2 heteroatoms. The molecule has 1 saturated carbocycles. The van der Waals surface area contributed by atoms with E-state index in [-0.39, 0.29) is 11.5 Å². The van der Waals surface area contributed by atoms with Gasteiger partial charge in [0.25, 0.3) is 0 Å². The van der Waals surface area contributed by atoms with E-state index in [1.54, 1.807) is 0 Å². The third-order valence-electron chi connectivity index (χ3n) is 3.54. The highest BCUT2D eigenvalue weighted by Crippen LogP contribution is 2.53. The highest BCUT2D eigenvalue weighted by atomic mass is 16.3. The van der Waals surface area contributed by atoms with Crippen molar-refractivity contribution in [3.8, 4) is 0 Å². The predicted molar refractivity (Wildman–Crippen MR) is 60.5 cm³/mol. The van der Waals surface area contributed by atoms with E-state index in [2.05, 4.69) is 19.1 Å². The number of hydrogen-bond acceptors (Lipinski definition) is 2. The van der Waals surface area contributed by atoms with Crippen LogP contribution in [-0.4, -0.2) is 0 Å². The van der Waals surface area contributed by atoms with Gasteiger partial charge < -0.3 is 10.2 Å². The molecule has 1 heterocycles. The molecule has 1 aliphatic carbocycles. The maximum atomic E-state index is 6.20. The quantitative estimate of drug-likeness (QED) is 0.810. The molecule has 0 spiro atoms. The normalized spacial score (nSPS) is 20.4. The van der Waals surface area contributed by atoms with Crippen LogP contribution in [0.1, 0.15) is 31.6 Å². The van der Waals surface area contributed by atoms with Crippen LogP contribution in [-0.2, 0) is 0 Å². The van der Waals surface area contributed by atoms with Crippen LogP contribution >= 0.6 is 0 Å². The lowest BCUT2D eigenvalue weighted by Gasteiger charge is -2.15. The van der Waals surface area contributed by atoms with Gasteiger partial charge in [0.05, 0.1) is 6.04 Å². The number of para-hydroxylation sites is 1. The van der Waals surface area contributed by atoms with Crippen molar-refractivity contribution in [2.24, 2.45) is 11.1 Å². The zero-order valence-electron chi connectivity index (χ0n) is 8.86. The fourth-order valence-electron chi connectivity index (χ4n) is 2.01. The first kappa shape index (κ1) is 8.98. The molecule has 2 aromatic rings. The molecule has 0 saturated heterocycles. The summed E-state index contributed by atoms with van der Waals surface area (Å²) in [5.74, 6) is 0.927. The molecular formula is C13H15NO. The molecule has 0 radical (unpaired) electrons. The molecule has 3 rings (SSSR count). The van der Waals surface area contributed by atoms with E-state index in [1.807, 2.05) is 18.2 Å². The van der Waals surface area contributed by atoms with Crippen molar-refractivity contribution in [2.75, 3.05) is 0 Å². The second kappa shape index (κ2) is 2.86. The van der Waals surface area contributed by atoms with Crippen LogP contribution in [0.25, 0.3) is 11.0 Å². The average molecular weight is 201 g/mol. The van der Waals surface area contributed by atoms with Crippen molar-refractivity contribution in [1.82, 2.24) is 0 Å². The minimum atomic E-state index is 0.0462. The van der Waals surface area contributed by atoms with Gasteiger partial charge in [-0.2, -0.15) is 0 Å². The largest absolute Gasteiger partial charge is 0.459 e. The molecule has 78 valence electrons. The SMILES string of the molecule is CC1(C(N)c2cc3ccccc3o2)CC1. The molecule has 1 aliphatic rings. The van der Waals surface area contributed by atoms with Crippen LogP contribution < -0.4 is 5.73 Å². The van der Waals surface area contributed by atoms with E-state index >= 15 is 0 Å². The number of furan rings is 1. The minimum Gasteiger partial charge on any atom is -0.459 e. The summed E-state index contributed by atoms with van der Waals surface area (Å²) < 4.78 is 5.77. The monoisotopic (exact) mass is 201 g/mol. The molecule has 1 fully saturated rings. The zero-order valence-corrected chi connectivity index (χ0v) is 8.86. The molecule has 15 heavy (non-hydrogen) atoms. The van der Waals surface area contributed by atoms with Crippen molar-refractivity contribution in [3.05, 3.63) is 36.1 Å². The van der Waals surface area contributed by atoms with Gasteiger partial charge in [-0.05, 0) is 30.4 Å². The highest BCUT2D eigenvalue weighted by Gasteiger charge is 2.45. The molecule has 1 atom stereocenters. The fourth-order valence-corrected chi connectivity index (χ4v) is 2.01. The first-order valence-corrected chi connectivity index (χ1v) is 5.43. The minimum absolute atomic E-state index is 0.0462.